The van der Waals surface area contributed by atoms with Gasteiger partial charge in [0, 0.05) is 18.6 Å². The third kappa shape index (κ3) is 11.3. The van der Waals surface area contributed by atoms with Gasteiger partial charge in [-0.05, 0) is 98.5 Å². The average molecular weight is 617 g/mol. The normalized spacial score (nSPS) is 11.0. The molecule has 0 heterocycles. The molecule has 0 aliphatic rings. The molecule has 3 aromatic carbocycles. The van der Waals surface area contributed by atoms with Crippen LogP contribution in [-0.2, 0) is 19.1 Å². The molecule has 0 N–H and O–H groups in total. The van der Waals surface area contributed by atoms with Gasteiger partial charge in [0.2, 0.25) is 6.29 Å². The van der Waals surface area contributed by atoms with Crippen LogP contribution in [0.25, 0.3) is 0 Å². The molecule has 0 bridgehead atoms. The molecule has 1 atom stereocenters. The molecule has 3 rings (SSSR count). The molecule has 0 aliphatic heterocycles. The van der Waals surface area contributed by atoms with Gasteiger partial charge in [0.1, 0.15) is 23.0 Å². The number of aryl methyl sites for hydroxylation is 1. The van der Waals surface area contributed by atoms with Crippen LogP contribution in [0.2, 0.25) is 0 Å². The SMILES string of the molecule is C=CC(=O)OCCCCOc1ccc(C(=O)Oc2ccc(OC(=O)c3ccc(OC(CCC)OC(=O)C=C)cc3)c(C)c2)cc1. The van der Waals surface area contributed by atoms with Crippen LogP contribution in [0.4, 0.5) is 0 Å². The molecule has 0 spiro atoms. The molecule has 236 valence electrons. The maximum Gasteiger partial charge on any atom is 0.343 e. The van der Waals surface area contributed by atoms with Crippen molar-refractivity contribution in [1.82, 2.24) is 0 Å². The van der Waals surface area contributed by atoms with Crippen LogP contribution in [-0.4, -0.2) is 43.4 Å². The van der Waals surface area contributed by atoms with E-state index in [4.69, 9.17) is 28.4 Å². The zero-order chi connectivity index (χ0) is 32.6. The number of rotatable bonds is 17. The molecule has 0 saturated carbocycles. The standard InChI is InChI=1S/C35H36O10/c1-5-10-33(45-32(37)7-3)42-28-17-13-26(14-18-28)35(39)44-30-20-19-29(23-24(30)4)43-34(38)25-11-15-27(16-12-25)40-21-8-9-22-41-31(36)6-2/h6-7,11-20,23,33H,2-3,5,8-10,21-22H2,1,4H3. The second-order valence-electron chi connectivity index (χ2n) is 9.66. The summed E-state index contributed by atoms with van der Waals surface area (Å²) < 4.78 is 32.5. The summed E-state index contributed by atoms with van der Waals surface area (Å²) in [6.07, 6.45) is 3.99. The summed E-state index contributed by atoms with van der Waals surface area (Å²) in [5, 5.41) is 0. The van der Waals surface area contributed by atoms with Gasteiger partial charge in [-0.25, -0.2) is 19.2 Å². The molecule has 45 heavy (non-hydrogen) atoms. The molecule has 10 heteroatoms. The first-order valence-electron chi connectivity index (χ1n) is 14.4. The van der Waals surface area contributed by atoms with Gasteiger partial charge in [0.05, 0.1) is 24.3 Å². The average Bonchev–Trinajstić information content (AvgIpc) is 3.04. The Balaban J connectivity index is 1.49. The van der Waals surface area contributed by atoms with Crippen molar-refractivity contribution in [3.8, 4) is 23.0 Å². The summed E-state index contributed by atoms with van der Waals surface area (Å²) in [4.78, 5) is 48.0. The van der Waals surface area contributed by atoms with E-state index in [-0.39, 0.29) is 11.3 Å². The van der Waals surface area contributed by atoms with Gasteiger partial charge in [-0.1, -0.05) is 20.1 Å². The first kappa shape index (κ1) is 34.1. The van der Waals surface area contributed by atoms with Crippen LogP contribution in [0, 0.1) is 6.92 Å². The fraction of sp³-hybridized carbons (Fsp3) is 0.257. The summed E-state index contributed by atoms with van der Waals surface area (Å²) in [5.41, 5.74) is 1.20. The zero-order valence-corrected chi connectivity index (χ0v) is 25.3. The number of hydrogen-bond donors (Lipinski definition) is 0. The van der Waals surface area contributed by atoms with Gasteiger partial charge in [-0.2, -0.15) is 0 Å². The quantitative estimate of drug-likeness (QED) is 0.0542. The van der Waals surface area contributed by atoms with Crippen molar-refractivity contribution in [3.63, 3.8) is 0 Å². The second-order valence-corrected chi connectivity index (χ2v) is 9.66. The Morgan fingerprint density at radius 2 is 1.31 bits per heavy atom. The molecule has 0 aliphatic carbocycles. The van der Waals surface area contributed by atoms with Gasteiger partial charge in [-0.3, -0.25) is 0 Å². The number of carbonyl (C=O) groups is 4. The Morgan fingerprint density at radius 3 is 1.91 bits per heavy atom. The molecular weight excluding hydrogens is 580 g/mol. The largest absolute Gasteiger partial charge is 0.494 e. The number of benzene rings is 3. The Labute approximate surface area is 262 Å². The highest BCUT2D eigenvalue weighted by atomic mass is 16.7. The summed E-state index contributed by atoms with van der Waals surface area (Å²) in [6, 6.07) is 17.5. The van der Waals surface area contributed by atoms with Crippen LogP contribution in [0.3, 0.4) is 0 Å². The minimum atomic E-state index is -0.772. The summed E-state index contributed by atoms with van der Waals surface area (Å²) in [7, 11) is 0. The Hall–Kier alpha value is -5.38. The zero-order valence-electron chi connectivity index (χ0n) is 25.3. The van der Waals surface area contributed by atoms with Gasteiger partial charge in [0.25, 0.3) is 0 Å². The lowest BCUT2D eigenvalue weighted by Crippen LogP contribution is -2.23. The van der Waals surface area contributed by atoms with Crippen LogP contribution in [0.15, 0.2) is 92.0 Å². The maximum absolute atomic E-state index is 12.7. The van der Waals surface area contributed by atoms with Gasteiger partial charge >= 0.3 is 23.9 Å². The number of carbonyl (C=O) groups excluding carboxylic acids is 4. The van der Waals surface area contributed by atoms with E-state index >= 15 is 0 Å². The Morgan fingerprint density at radius 1 is 0.733 bits per heavy atom. The van der Waals surface area contributed by atoms with E-state index in [0.29, 0.717) is 60.9 Å². The molecule has 1 unspecified atom stereocenters. The Bertz CT molecular complexity index is 1480. The van der Waals surface area contributed by atoms with E-state index in [2.05, 4.69) is 13.2 Å². The van der Waals surface area contributed by atoms with Crippen molar-refractivity contribution in [1.29, 1.82) is 0 Å². The number of hydrogen-bond acceptors (Lipinski definition) is 10. The van der Waals surface area contributed by atoms with E-state index in [1.165, 1.54) is 6.07 Å². The van der Waals surface area contributed by atoms with E-state index in [1.807, 2.05) is 6.92 Å². The minimum Gasteiger partial charge on any atom is -0.494 e. The van der Waals surface area contributed by atoms with E-state index in [0.717, 1.165) is 18.6 Å². The fourth-order valence-electron chi connectivity index (χ4n) is 3.81. The highest BCUT2D eigenvalue weighted by Gasteiger charge is 2.16. The van der Waals surface area contributed by atoms with Crippen molar-refractivity contribution in [2.75, 3.05) is 13.2 Å². The predicted molar refractivity (Wildman–Crippen MR) is 165 cm³/mol. The first-order chi connectivity index (χ1) is 21.7. The topological polar surface area (TPSA) is 124 Å². The van der Waals surface area contributed by atoms with Crippen LogP contribution >= 0.6 is 0 Å². The second kappa shape index (κ2) is 17.7. The van der Waals surface area contributed by atoms with E-state index in [1.54, 1.807) is 67.6 Å². The highest BCUT2D eigenvalue weighted by Crippen LogP contribution is 2.26. The van der Waals surface area contributed by atoms with Crippen LogP contribution < -0.4 is 18.9 Å². The highest BCUT2D eigenvalue weighted by molar-refractivity contribution is 5.92. The predicted octanol–water partition coefficient (Wildman–Crippen LogP) is 6.56. The first-order valence-corrected chi connectivity index (χ1v) is 14.4. The number of unbranched alkanes of at least 4 members (excludes halogenated alkanes) is 1. The molecular formula is C35H36O10. The molecule has 3 aromatic rings. The summed E-state index contributed by atoms with van der Waals surface area (Å²) >= 11 is 0. The lowest BCUT2D eigenvalue weighted by Gasteiger charge is -2.18. The number of ether oxygens (including phenoxy) is 6. The lowest BCUT2D eigenvalue weighted by atomic mass is 10.2. The molecule has 0 fully saturated rings. The fourth-order valence-corrected chi connectivity index (χ4v) is 3.81. The molecule has 0 radical (unpaired) electrons. The Kier molecular flexibility index (Phi) is 13.4. The lowest BCUT2D eigenvalue weighted by molar-refractivity contribution is -0.158. The third-order valence-corrected chi connectivity index (χ3v) is 6.16. The molecule has 10 nitrogen and oxygen atoms in total. The maximum atomic E-state index is 12.7. The van der Waals surface area contributed by atoms with Gasteiger partial charge in [0.15, 0.2) is 0 Å². The molecule has 0 amide bonds. The summed E-state index contributed by atoms with van der Waals surface area (Å²) in [6.45, 7) is 11.1. The van der Waals surface area contributed by atoms with E-state index < -0.39 is 30.2 Å². The third-order valence-electron chi connectivity index (χ3n) is 6.16. The van der Waals surface area contributed by atoms with Crippen LogP contribution in [0.1, 0.15) is 58.9 Å². The molecule has 0 saturated heterocycles. The van der Waals surface area contributed by atoms with Gasteiger partial charge in [-0.15, -0.1) is 0 Å². The van der Waals surface area contributed by atoms with Crippen molar-refractivity contribution >= 4 is 23.9 Å². The smallest absolute Gasteiger partial charge is 0.343 e. The van der Waals surface area contributed by atoms with Crippen LogP contribution in [0.5, 0.6) is 23.0 Å². The van der Waals surface area contributed by atoms with Crippen molar-refractivity contribution in [2.45, 2.75) is 45.8 Å². The van der Waals surface area contributed by atoms with Crippen molar-refractivity contribution < 1.29 is 47.6 Å². The van der Waals surface area contributed by atoms with Gasteiger partial charge < -0.3 is 28.4 Å². The minimum absolute atomic E-state index is 0.286. The van der Waals surface area contributed by atoms with E-state index in [9.17, 15) is 19.2 Å². The monoisotopic (exact) mass is 616 g/mol. The van der Waals surface area contributed by atoms with Crippen molar-refractivity contribution in [3.05, 3.63) is 109 Å². The molecule has 0 aromatic heterocycles. The summed E-state index contributed by atoms with van der Waals surface area (Å²) in [5.74, 6) is -0.574. The van der Waals surface area contributed by atoms with Crippen molar-refractivity contribution in [2.24, 2.45) is 0 Å². The number of esters is 4.